The molecule has 0 radical (unpaired) electrons. The van der Waals surface area contributed by atoms with Crippen LogP contribution in [0.25, 0.3) is 11.3 Å². The molecule has 3 heterocycles. The molecule has 0 unspecified atom stereocenters. The van der Waals surface area contributed by atoms with Crippen LogP contribution >= 0.6 is 11.6 Å². The zero-order valence-electron chi connectivity index (χ0n) is 17.9. The predicted octanol–water partition coefficient (Wildman–Crippen LogP) is 3.07. The lowest BCUT2D eigenvalue weighted by atomic mass is 10.1. The highest BCUT2D eigenvalue weighted by Gasteiger charge is 2.17. The van der Waals surface area contributed by atoms with Crippen molar-refractivity contribution in [2.24, 2.45) is 0 Å². The van der Waals surface area contributed by atoms with E-state index in [4.69, 9.17) is 16.3 Å². The highest BCUT2D eigenvalue weighted by molar-refractivity contribution is 6.30. The molecule has 0 amide bonds. The minimum Gasteiger partial charge on any atom is -0.616 e. The molecule has 0 aliphatic rings. The molecular weight excluding hydrogens is 465 g/mol. The van der Waals surface area contributed by atoms with Gasteiger partial charge in [-0.25, -0.2) is 14.4 Å². The maximum Gasteiger partial charge on any atom is 0.381 e. The third-order valence-corrected chi connectivity index (χ3v) is 5.39. The summed E-state index contributed by atoms with van der Waals surface area (Å²) in [5.74, 6) is -0.287. The summed E-state index contributed by atoms with van der Waals surface area (Å²) >= 11 is 5.74. The first kappa shape index (κ1) is 23.1. The first-order chi connectivity index (χ1) is 16.4. The molecule has 1 aromatic carbocycles. The van der Waals surface area contributed by atoms with Gasteiger partial charge in [0.05, 0.1) is 42.2 Å². The molecule has 1 atom stereocenters. The van der Waals surface area contributed by atoms with Crippen LogP contribution in [0.2, 0.25) is 5.02 Å². The van der Waals surface area contributed by atoms with Crippen molar-refractivity contribution in [3.8, 4) is 17.1 Å². The highest BCUT2D eigenvalue weighted by atomic mass is 35.5. The minimum absolute atomic E-state index is 0.0440. The Kier molecular flexibility index (Phi) is 6.71. The van der Waals surface area contributed by atoms with Crippen molar-refractivity contribution in [2.45, 2.75) is 6.04 Å². The van der Waals surface area contributed by atoms with Crippen LogP contribution in [0.3, 0.4) is 0 Å². The van der Waals surface area contributed by atoms with E-state index in [1.54, 1.807) is 24.3 Å². The van der Waals surface area contributed by atoms with E-state index >= 15 is 0 Å². The van der Waals surface area contributed by atoms with Gasteiger partial charge in [0.1, 0.15) is 5.82 Å². The number of benzene rings is 1. The Morgan fingerprint density at radius 1 is 1.26 bits per heavy atom. The van der Waals surface area contributed by atoms with Gasteiger partial charge in [0.2, 0.25) is 5.95 Å². The third-order valence-electron chi connectivity index (χ3n) is 5.09. The normalized spacial score (nSPS) is 11.8. The summed E-state index contributed by atoms with van der Waals surface area (Å²) in [6.07, 6.45) is 4.32. The van der Waals surface area contributed by atoms with Crippen LogP contribution in [0, 0.1) is 11.0 Å². The van der Waals surface area contributed by atoms with E-state index in [0.29, 0.717) is 27.2 Å². The maximum absolute atomic E-state index is 13.9. The predicted molar refractivity (Wildman–Crippen MR) is 124 cm³/mol. The molecule has 11 heteroatoms. The zero-order valence-corrected chi connectivity index (χ0v) is 18.6. The Morgan fingerprint density at radius 3 is 2.79 bits per heavy atom. The van der Waals surface area contributed by atoms with Gasteiger partial charge >= 0.3 is 5.88 Å². The molecule has 0 spiro atoms. The van der Waals surface area contributed by atoms with Crippen molar-refractivity contribution >= 4 is 23.2 Å². The lowest BCUT2D eigenvalue weighted by molar-refractivity contribution is -0.612. The van der Waals surface area contributed by atoms with E-state index in [2.05, 4.69) is 15.3 Å². The fourth-order valence-corrected chi connectivity index (χ4v) is 3.50. The van der Waals surface area contributed by atoms with E-state index in [0.717, 1.165) is 0 Å². The van der Waals surface area contributed by atoms with Crippen LogP contribution in [0.5, 0.6) is 5.88 Å². The number of nitrogens with one attached hydrogen (secondary N) is 1. The average Bonchev–Trinajstić information content (AvgIpc) is 2.84. The monoisotopic (exact) mass is 483 g/mol. The van der Waals surface area contributed by atoms with Crippen LogP contribution in [-0.2, 0) is 0 Å². The van der Waals surface area contributed by atoms with E-state index in [-0.39, 0.29) is 16.9 Å². The molecule has 9 nitrogen and oxygen atoms in total. The molecule has 0 saturated carbocycles. The summed E-state index contributed by atoms with van der Waals surface area (Å²) < 4.78 is 20.8. The number of methoxy groups -OCH3 is 1. The van der Waals surface area contributed by atoms with E-state index < -0.39 is 24.0 Å². The fourth-order valence-electron chi connectivity index (χ4n) is 3.38. The number of aliphatic hydroxyl groups excluding tert-OH is 1. The first-order valence-corrected chi connectivity index (χ1v) is 10.4. The SMILES string of the molecule is COc1cc(Nc2nccc(-c3ccn([C@H](CO)c4ccc(Cl)c(F)c4)c(=O)c3)n2)cc[n+]1[O-]. The topological polar surface area (TPSA) is 116 Å². The average molecular weight is 484 g/mol. The Labute approximate surface area is 198 Å². The quantitative estimate of drug-likeness (QED) is 0.306. The number of halogens is 2. The lowest BCUT2D eigenvalue weighted by Gasteiger charge is -2.18. The largest absolute Gasteiger partial charge is 0.616 e. The van der Waals surface area contributed by atoms with E-state index in [9.17, 15) is 19.5 Å². The Bertz CT molecular complexity index is 1400. The Balaban J connectivity index is 1.61. The number of hydrogen-bond acceptors (Lipinski definition) is 7. The van der Waals surface area contributed by atoms with Crippen molar-refractivity contribution in [3.63, 3.8) is 0 Å². The lowest BCUT2D eigenvalue weighted by Crippen LogP contribution is -2.27. The van der Waals surface area contributed by atoms with Gasteiger partial charge in [-0.05, 0) is 29.8 Å². The fraction of sp³-hybridized carbons (Fsp3) is 0.130. The number of aliphatic hydroxyl groups is 1. The second-order valence-corrected chi connectivity index (χ2v) is 7.61. The molecule has 174 valence electrons. The molecule has 0 fully saturated rings. The molecule has 4 aromatic rings. The third kappa shape index (κ3) is 4.82. The van der Waals surface area contributed by atoms with Gasteiger partial charge in [0, 0.05) is 30.1 Å². The number of rotatable bonds is 7. The summed E-state index contributed by atoms with van der Waals surface area (Å²) in [6.45, 7) is -0.411. The summed E-state index contributed by atoms with van der Waals surface area (Å²) in [5.41, 5.74) is 1.53. The van der Waals surface area contributed by atoms with Crippen molar-refractivity contribution in [2.75, 3.05) is 19.0 Å². The van der Waals surface area contributed by atoms with E-state index in [1.165, 1.54) is 54.5 Å². The number of anilines is 2. The molecule has 34 heavy (non-hydrogen) atoms. The Morgan fingerprint density at radius 2 is 2.09 bits per heavy atom. The second kappa shape index (κ2) is 9.86. The molecular formula is C23H19ClFN5O4. The number of hydrogen-bond donors (Lipinski definition) is 2. The van der Waals surface area contributed by atoms with Crippen LogP contribution < -0.4 is 20.3 Å². The standard InChI is InChI=1S/C23H19ClFN5O4/c1-34-22-12-16(6-9-30(22)33)27-23-26-7-4-19(28-23)14-5-8-29(21(32)11-14)20(13-31)15-2-3-17(24)18(25)10-15/h2-12,20,31H,13H2,1H3,(H,26,27,28)/t20-/m1/s1. The first-order valence-electron chi connectivity index (χ1n) is 10.0. The number of nitrogens with zero attached hydrogens (tertiary/aromatic N) is 4. The van der Waals surface area contributed by atoms with Gasteiger partial charge in [-0.2, -0.15) is 0 Å². The van der Waals surface area contributed by atoms with Crippen LogP contribution in [0.4, 0.5) is 16.0 Å². The second-order valence-electron chi connectivity index (χ2n) is 7.21. The molecule has 0 aliphatic heterocycles. The molecule has 2 N–H and O–H groups in total. The van der Waals surface area contributed by atoms with Crippen molar-refractivity contribution in [1.82, 2.24) is 14.5 Å². The molecule has 3 aromatic heterocycles. The summed E-state index contributed by atoms with van der Waals surface area (Å²) in [6, 6.07) is 11.1. The number of pyridine rings is 2. The van der Waals surface area contributed by atoms with Gasteiger partial charge in [-0.15, -0.1) is 4.73 Å². The summed E-state index contributed by atoms with van der Waals surface area (Å²) in [7, 11) is 1.39. The molecule has 4 rings (SSSR count). The van der Waals surface area contributed by atoms with Gasteiger partial charge in [0.25, 0.3) is 5.56 Å². The zero-order chi connectivity index (χ0) is 24.2. The molecule has 0 aliphatic carbocycles. The highest BCUT2D eigenvalue weighted by Crippen LogP contribution is 2.24. The molecule has 0 bridgehead atoms. The molecule has 0 saturated heterocycles. The number of ether oxygens (including phenoxy) is 1. The summed E-state index contributed by atoms with van der Waals surface area (Å²) in [5, 5.41) is 24.4. The van der Waals surface area contributed by atoms with Crippen molar-refractivity contribution in [1.29, 1.82) is 0 Å². The van der Waals surface area contributed by atoms with Crippen LogP contribution in [-0.4, -0.2) is 33.4 Å². The smallest absolute Gasteiger partial charge is 0.381 e. The van der Waals surface area contributed by atoms with E-state index in [1.807, 2.05) is 0 Å². The van der Waals surface area contributed by atoms with Crippen molar-refractivity contribution in [3.05, 3.63) is 99.1 Å². The van der Waals surface area contributed by atoms with Crippen molar-refractivity contribution < 1.29 is 19.0 Å². The van der Waals surface area contributed by atoms with Gasteiger partial charge in [-0.1, -0.05) is 17.7 Å². The maximum atomic E-state index is 13.9. The van der Waals surface area contributed by atoms with Crippen LogP contribution in [0.15, 0.2) is 71.9 Å². The van der Waals surface area contributed by atoms with Crippen LogP contribution in [0.1, 0.15) is 11.6 Å². The van der Waals surface area contributed by atoms with Gasteiger partial charge in [0.15, 0.2) is 6.20 Å². The number of aromatic nitrogens is 4. The van der Waals surface area contributed by atoms with Gasteiger partial charge < -0.3 is 24.9 Å². The Hall–Kier alpha value is -4.02. The van der Waals surface area contributed by atoms with Gasteiger partial charge in [-0.3, -0.25) is 4.79 Å². The summed E-state index contributed by atoms with van der Waals surface area (Å²) in [4.78, 5) is 21.4. The minimum atomic E-state index is -0.784.